The molecule has 0 saturated heterocycles. The molecule has 1 aromatic carbocycles. The molecule has 3 nitrogen and oxygen atoms in total. The van der Waals surface area contributed by atoms with Gasteiger partial charge in [0.2, 0.25) is 0 Å². The number of hydrogen-bond acceptors (Lipinski definition) is 4. The lowest BCUT2D eigenvalue weighted by atomic mass is 9.89. The van der Waals surface area contributed by atoms with Gasteiger partial charge in [-0.05, 0) is 18.9 Å². The van der Waals surface area contributed by atoms with Crippen molar-refractivity contribution in [1.82, 2.24) is 0 Å². The van der Waals surface area contributed by atoms with Crippen molar-refractivity contribution in [3.63, 3.8) is 0 Å². The van der Waals surface area contributed by atoms with Gasteiger partial charge in [-0.25, -0.2) is 4.79 Å². The molecule has 0 radical (unpaired) electrons. The summed E-state index contributed by atoms with van der Waals surface area (Å²) in [5, 5.41) is 0. The third kappa shape index (κ3) is 1.41. The first kappa shape index (κ1) is 10.1. The fourth-order valence-electron chi connectivity index (χ4n) is 2.56. The van der Waals surface area contributed by atoms with E-state index in [1.165, 1.54) is 0 Å². The predicted molar refractivity (Wildman–Crippen MR) is 64.7 cm³/mol. The second-order valence-corrected chi connectivity index (χ2v) is 5.43. The lowest BCUT2D eigenvalue weighted by Crippen LogP contribution is -2.33. The molecule has 16 heavy (non-hydrogen) atoms. The van der Waals surface area contributed by atoms with Crippen LogP contribution in [0.1, 0.15) is 31.2 Å². The average molecular weight is 235 g/mol. The average Bonchev–Trinajstić information content (AvgIpc) is 2.83. The Hall–Kier alpha value is -1.13. The summed E-state index contributed by atoms with van der Waals surface area (Å²) in [6, 6.07) is 5.85. The van der Waals surface area contributed by atoms with E-state index < -0.39 is 0 Å². The minimum absolute atomic E-state index is 0.246. The molecule has 2 aromatic rings. The molecule has 1 aromatic heterocycles. The lowest BCUT2D eigenvalue weighted by Gasteiger charge is -2.23. The Morgan fingerprint density at radius 3 is 2.81 bits per heavy atom. The minimum atomic E-state index is -0.295. The topological polar surface area (TPSA) is 56.2 Å². The molecule has 3 rings (SSSR count). The van der Waals surface area contributed by atoms with Crippen LogP contribution in [0.3, 0.4) is 0 Å². The van der Waals surface area contributed by atoms with Gasteiger partial charge in [0, 0.05) is 11.1 Å². The smallest absolute Gasteiger partial charge is 0.396 e. The molecule has 0 bridgehead atoms. The Bertz CT molecular complexity index is 578. The van der Waals surface area contributed by atoms with Gasteiger partial charge < -0.3 is 10.2 Å². The highest BCUT2D eigenvalue weighted by atomic mass is 32.1. The van der Waals surface area contributed by atoms with Gasteiger partial charge in [-0.15, -0.1) is 0 Å². The molecular formula is C12H13NO2S. The highest BCUT2D eigenvalue weighted by molar-refractivity contribution is 7.16. The molecule has 1 aliphatic carbocycles. The van der Waals surface area contributed by atoms with E-state index in [2.05, 4.69) is 0 Å². The maximum Gasteiger partial charge on any atom is 0.396 e. The minimum Gasteiger partial charge on any atom is -0.414 e. The van der Waals surface area contributed by atoms with Crippen LogP contribution in [0.5, 0.6) is 0 Å². The largest absolute Gasteiger partial charge is 0.414 e. The Morgan fingerprint density at radius 2 is 2.06 bits per heavy atom. The van der Waals surface area contributed by atoms with Crippen molar-refractivity contribution in [3.8, 4) is 0 Å². The van der Waals surface area contributed by atoms with Crippen molar-refractivity contribution in [2.24, 2.45) is 5.73 Å². The van der Waals surface area contributed by atoms with Crippen LogP contribution in [0.4, 0.5) is 0 Å². The molecule has 2 N–H and O–H groups in total. The van der Waals surface area contributed by atoms with Crippen LogP contribution < -0.4 is 10.7 Å². The Labute approximate surface area is 96.9 Å². The van der Waals surface area contributed by atoms with Crippen LogP contribution >= 0.6 is 11.3 Å². The van der Waals surface area contributed by atoms with Crippen molar-refractivity contribution in [3.05, 3.63) is 33.5 Å². The van der Waals surface area contributed by atoms with Gasteiger partial charge in [0.25, 0.3) is 0 Å². The first-order valence-electron chi connectivity index (χ1n) is 5.51. The Morgan fingerprint density at radius 1 is 1.31 bits per heavy atom. The molecule has 0 atom stereocenters. The van der Waals surface area contributed by atoms with Gasteiger partial charge in [0.05, 0.1) is 4.70 Å². The zero-order valence-corrected chi connectivity index (χ0v) is 9.68. The van der Waals surface area contributed by atoms with Gasteiger partial charge in [-0.3, -0.25) is 0 Å². The van der Waals surface area contributed by atoms with Crippen LogP contribution in [0.25, 0.3) is 10.3 Å². The highest BCUT2D eigenvalue weighted by Gasteiger charge is 2.33. The maximum atomic E-state index is 11.3. The molecule has 0 unspecified atom stereocenters. The van der Waals surface area contributed by atoms with Crippen LogP contribution in [0.2, 0.25) is 0 Å². The van der Waals surface area contributed by atoms with Gasteiger partial charge in [-0.1, -0.05) is 36.3 Å². The molecule has 1 aliphatic rings. The van der Waals surface area contributed by atoms with Gasteiger partial charge >= 0.3 is 4.94 Å². The Kier molecular flexibility index (Phi) is 2.16. The summed E-state index contributed by atoms with van der Waals surface area (Å²) in [4.78, 5) is 11.0. The van der Waals surface area contributed by atoms with E-state index in [9.17, 15) is 4.79 Å². The summed E-state index contributed by atoms with van der Waals surface area (Å²) >= 11 is 1.15. The number of benzene rings is 1. The van der Waals surface area contributed by atoms with Gasteiger partial charge in [-0.2, -0.15) is 0 Å². The second-order valence-electron chi connectivity index (χ2n) is 4.45. The first-order chi connectivity index (χ1) is 7.69. The molecular weight excluding hydrogens is 222 g/mol. The van der Waals surface area contributed by atoms with E-state index in [0.29, 0.717) is 5.58 Å². The Balaban J connectivity index is 2.26. The van der Waals surface area contributed by atoms with Crippen LogP contribution in [-0.4, -0.2) is 0 Å². The van der Waals surface area contributed by atoms with Gasteiger partial charge in [0.1, 0.15) is 0 Å². The second kappa shape index (κ2) is 3.43. The molecule has 0 spiro atoms. The van der Waals surface area contributed by atoms with Crippen molar-refractivity contribution in [2.45, 2.75) is 31.2 Å². The highest BCUT2D eigenvalue weighted by Crippen LogP contribution is 2.39. The van der Waals surface area contributed by atoms with E-state index in [0.717, 1.165) is 47.3 Å². The first-order valence-corrected chi connectivity index (χ1v) is 6.33. The summed E-state index contributed by atoms with van der Waals surface area (Å²) in [6.45, 7) is 0. The molecule has 1 saturated carbocycles. The SMILES string of the molecule is NC1(c2cccc3sc(=O)oc23)CCCC1. The molecule has 1 fully saturated rings. The number of para-hydroxylation sites is 1. The fraction of sp³-hybridized carbons (Fsp3) is 0.417. The van der Waals surface area contributed by atoms with E-state index in [1.54, 1.807) is 0 Å². The van der Waals surface area contributed by atoms with Crippen molar-refractivity contribution in [1.29, 1.82) is 0 Å². The summed E-state index contributed by atoms with van der Waals surface area (Å²) in [6.07, 6.45) is 4.26. The summed E-state index contributed by atoms with van der Waals surface area (Å²) in [5.74, 6) is 0. The van der Waals surface area contributed by atoms with E-state index >= 15 is 0 Å². The lowest BCUT2D eigenvalue weighted by molar-refractivity contribution is 0.454. The summed E-state index contributed by atoms with van der Waals surface area (Å²) in [7, 11) is 0. The monoisotopic (exact) mass is 235 g/mol. The molecule has 4 heteroatoms. The molecule has 1 heterocycles. The number of fused-ring (bicyclic) bond motifs is 1. The zero-order chi connectivity index (χ0) is 11.2. The number of rotatable bonds is 1. The third-order valence-electron chi connectivity index (χ3n) is 3.39. The molecule has 0 amide bonds. The van der Waals surface area contributed by atoms with E-state index in [-0.39, 0.29) is 10.5 Å². The molecule has 0 aliphatic heterocycles. The number of nitrogens with two attached hydrogens (primary N) is 1. The molecule has 84 valence electrons. The fourth-order valence-corrected chi connectivity index (χ4v) is 3.26. The zero-order valence-electron chi connectivity index (χ0n) is 8.86. The summed E-state index contributed by atoms with van der Waals surface area (Å²) in [5.41, 5.74) is 7.80. The quantitative estimate of drug-likeness (QED) is 0.826. The normalized spacial score (nSPS) is 19.3. The number of hydrogen-bond donors (Lipinski definition) is 1. The van der Waals surface area contributed by atoms with Crippen LogP contribution in [0.15, 0.2) is 27.4 Å². The van der Waals surface area contributed by atoms with Crippen molar-refractivity contribution < 1.29 is 4.42 Å². The summed E-state index contributed by atoms with van der Waals surface area (Å²) < 4.78 is 6.16. The van der Waals surface area contributed by atoms with E-state index in [4.69, 9.17) is 10.2 Å². The van der Waals surface area contributed by atoms with Crippen molar-refractivity contribution >= 4 is 21.6 Å². The van der Waals surface area contributed by atoms with E-state index in [1.807, 2.05) is 18.2 Å². The third-order valence-corrected chi connectivity index (χ3v) is 4.18. The van der Waals surface area contributed by atoms with Gasteiger partial charge in [0.15, 0.2) is 5.58 Å². The van der Waals surface area contributed by atoms with Crippen molar-refractivity contribution in [2.75, 3.05) is 0 Å². The van der Waals surface area contributed by atoms with Crippen LogP contribution in [0, 0.1) is 0 Å². The van der Waals surface area contributed by atoms with Crippen LogP contribution in [-0.2, 0) is 5.54 Å². The maximum absolute atomic E-state index is 11.3. The predicted octanol–water partition coefficient (Wildman–Crippen LogP) is 2.58. The standard InChI is InChI=1S/C12H13NO2S/c13-12(6-1-2-7-12)8-4-3-5-9-10(8)15-11(14)16-9/h3-5H,1-2,6-7,13H2.